The Hall–Kier alpha value is -2.94. The number of hydrogen-bond donors (Lipinski definition) is 1. The first kappa shape index (κ1) is 31.3. The Kier molecular flexibility index (Phi) is 11.3. The van der Waals surface area contributed by atoms with Crippen molar-refractivity contribution >= 4 is 36.6 Å². The van der Waals surface area contributed by atoms with Crippen LogP contribution in [0.1, 0.15) is 54.4 Å². The molecule has 0 bridgehead atoms. The second kappa shape index (κ2) is 13.7. The Morgan fingerprint density at radius 3 is 1.84 bits per heavy atom. The summed E-state index contributed by atoms with van der Waals surface area (Å²) in [5.74, 6) is -0.948. The largest absolute Gasteiger partial charge is 0.459 e. The van der Waals surface area contributed by atoms with E-state index in [1.165, 1.54) is 6.92 Å². The number of aliphatic hydroxyl groups is 1. The summed E-state index contributed by atoms with van der Waals surface area (Å²) in [5, 5.41) is 13.2. The van der Waals surface area contributed by atoms with E-state index >= 15 is 0 Å². The fraction of sp³-hybridized carbons (Fsp3) is 0.483. The van der Waals surface area contributed by atoms with Crippen LogP contribution in [0.25, 0.3) is 0 Å². The van der Waals surface area contributed by atoms with Crippen LogP contribution in [0, 0.1) is 5.92 Å². The Balaban J connectivity index is 0.00000161. The van der Waals surface area contributed by atoms with E-state index in [4.69, 9.17) is 23.5 Å². The molecule has 8 nitrogen and oxygen atoms in total. The van der Waals surface area contributed by atoms with Crippen LogP contribution < -0.4 is 10.4 Å². The van der Waals surface area contributed by atoms with Crippen molar-refractivity contribution in [2.75, 3.05) is 0 Å². The molecule has 9 heteroatoms. The third-order valence-electron chi connectivity index (χ3n) is 6.81. The summed E-state index contributed by atoms with van der Waals surface area (Å²) in [6.07, 6.45) is -2.61. The Bertz CT molecular complexity index is 1040. The summed E-state index contributed by atoms with van der Waals surface area (Å²) in [6.45, 7) is 11.6. The topological polar surface area (TPSA) is 116 Å². The lowest BCUT2D eigenvalue weighted by Gasteiger charge is -2.49. The molecule has 1 N–H and O–H groups in total. The van der Waals surface area contributed by atoms with E-state index in [2.05, 4.69) is 45.0 Å². The number of benzene rings is 2. The maximum Gasteiger partial charge on any atom is 0.373 e. The highest BCUT2D eigenvalue weighted by Gasteiger charge is 2.55. The highest BCUT2D eigenvalue weighted by atomic mass is 28.4. The average Bonchev–Trinajstić information content (AvgIpc) is 2.87. The van der Waals surface area contributed by atoms with Gasteiger partial charge in [-0.1, -0.05) is 88.4 Å². The van der Waals surface area contributed by atoms with Crippen LogP contribution in [0.2, 0.25) is 5.04 Å². The normalized spacial score (nSPS) is 23.4. The second-order valence-electron chi connectivity index (χ2n) is 10.6. The number of Topliss-reactive ketones (excluding diaryl/α,β-unsaturated/α-hetero) is 1. The summed E-state index contributed by atoms with van der Waals surface area (Å²) in [4.78, 5) is 39.8. The highest BCUT2D eigenvalue weighted by molar-refractivity contribution is 6.99. The molecule has 38 heavy (non-hydrogen) atoms. The summed E-state index contributed by atoms with van der Waals surface area (Å²) in [7, 11) is -2.95. The van der Waals surface area contributed by atoms with Gasteiger partial charge in [0, 0.05) is 12.3 Å². The summed E-state index contributed by atoms with van der Waals surface area (Å²) >= 11 is 0. The molecule has 2 aromatic rings. The monoisotopic (exact) mass is 542 g/mol. The fourth-order valence-corrected chi connectivity index (χ4v) is 9.45. The molecule has 2 unspecified atom stereocenters. The number of carbonyl (C=O) groups is 2. The molecule has 1 aliphatic rings. The number of esters is 1. The lowest BCUT2D eigenvalue weighted by atomic mass is 9.91. The standard InChI is InChI=1S/C28H38O6Si.CO2/c1-19(29)17-18-24(30)33-26-20(2)25(31)27(32-21(26)3)34-35(28(4,5)6,22-13-9-7-10-14-22)23-15-11-8-12-16-23;2-1-3/h7-16,20-21,25-27,31H,17-18H2,1-6H3;/t20-,21?,25?,26+,27+;/m1./s1. The summed E-state index contributed by atoms with van der Waals surface area (Å²) in [5.41, 5.74) is 0. The zero-order valence-electron chi connectivity index (χ0n) is 22.9. The van der Waals surface area contributed by atoms with Crippen molar-refractivity contribution in [3.8, 4) is 0 Å². The zero-order valence-corrected chi connectivity index (χ0v) is 23.9. The molecule has 1 fully saturated rings. The van der Waals surface area contributed by atoms with Gasteiger partial charge in [-0.05, 0) is 29.3 Å². The van der Waals surface area contributed by atoms with E-state index in [9.17, 15) is 14.7 Å². The van der Waals surface area contributed by atoms with Gasteiger partial charge in [-0.25, -0.2) is 0 Å². The number of ether oxygens (including phenoxy) is 2. The molecule has 5 atom stereocenters. The van der Waals surface area contributed by atoms with Crippen LogP contribution in [0.5, 0.6) is 0 Å². The van der Waals surface area contributed by atoms with Crippen LogP contribution >= 0.6 is 0 Å². The van der Waals surface area contributed by atoms with Gasteiger partial charge in [0.05, 0.1) is 12.5 Å². The van der Waals surface area contributed by atoms with Crippen molar-refractivity contribution in [1.82, 2.24) is 0 Å². The molecule has 1 heterocycles. The van der Waals surface area contributed by atoms with E-state index in [1.54, 1.807) is 0 Å². The summed E-state index contributed by atoms with van der Waals surface area (Å²) < 4.78 is 18.8. The maximum atomic E-state index is 12.3. The number of aliphatic hydroxyl groups excluding tert-OH is 1. The van der Waals surface area contributed by atoms with E-state index in [0.29, 0.717) is 0 Å². The Morgan fingerprint density at radius 1 is 0.947 bits per heavy atom. The predicted molar refractivity (Wildman–Crippen MR) is 143 cm³/mol. The minimum Gasteiger partial charge on any atom is -0.459 e. The third-order valence-corrected chi connectivity index (χ3v) is 11.8. The molecule has 0 spiro atoms. The van der Waals surface area contributed by atoms with Gasteiger partial charge in [-0.2, -0.15) is 9.59 Å². The van der Waals surface area contributed by atoms with Gasteiger partial charge in [0.15, 0.2) is 6.29 Å². The van der Waals surface area contributed by atoms with E-state index < -0.39 is 44.8 Å². The molecule has 2 aromatic carbocycles. The first-order valence-electron chi connectivity index (χ1n) is 12.7. The van der Waals surface area contributed by atoms with Gasteiger partial charge in [0.25, 0.3) is 8.32 Å². The molecule has 1 saturated heterocycles. The fourth-order valence-electron chi connectivity index (χ4n) is 4.89. The number of rotatable bonds is 8. The van der Waals surface area contributed by atoms with Crippen molar-refractivity contribution in [1.29, 1.82) is 0 Å². The van der Waals surface area contributed by atoms with Crippen LogP contribution in [0.3, 0.4) is 0 Å². The molecule has 0 radical (unpaired) electrons. The minimum absolute atomic E-state index is 0.0172. The Labute approximate surface area is 225 Å². The lowest BCUT2D eigenvalue weighted by molar-refractivity contribution is -0.259. The SMILES string of the molecule is CC(=O)CCC(=O)O[C@@H]1C(C)O[C@@H](O[Si](c2ccccc2)(c2ccccc2)C(C)(C)C)C(O)[C@H]1C.O=C=O. The van der Waals surface area contributed by atoms with E-state index in [-0.39, 0.29) is 29.8 Å². The molecule has 3 rings (SSSR count). The maximum absolute atomic E-state index is 12.3. The predicted octanol–water partition coefficient (Wildman–Crippen LogP) is 3.00. The van der Waals surface area contributed by atoms with Crippen molar-refractivity contribution in [3.05, 3.63) is 60.7 Å². The van der Waals surface area contributed by atoms with Crippen molar-refractivity contribution in [2.45, 2.75) is 84.0 Å². The third kappa shape index (κ3) is 7.33. The number of hydrogen-bond acceptors (Lipinski definition) is 8. The molecule has 0 aromatic heterocycles. The molecular weight excluding hydrogens is 504 g/mol. The summed E-state index contributed by atoms with van der Waals surface area (Å²) in [6, 6.07) is 20.4. The molecule has 206 valence electrons. The van der Waals surface area contributed by atoms with E-state index in [1.807, 2.05) is 50.2 Å². The van der Waals surface area contributed by atoms with Crippen LogP contribution in [0.15, 0.2) is 60.7 Å². The van der Waals surface area contributed by atoms with Crippen LogP contribution in [-0.2, 0) is 33.1 Å². The van der Waals surface area contributed by atoms with Gasteiger partial charge in [-0.3, -0.25) is 4.79 Å². The first-order chi connectivity index (χ1) is 17.9. The van der Waals surface area contributed by atoms with E-state index in [0.717, 1.165) is 10.4 Å². The van der Waals surface area contributed by atoms with Gasteiger partial charge in [0.2, 0.25) is 0 Å². The quantitative estimate of drug-likeness (QED) is 0.400. The van der Waals surface area contributed by atoms with Gasteiger partial charge < -0.3 is 23.8 Å². The molecule has 0 amide bonds. The molecule has 0 aliphatic carbocycles. The number of carbonyl (C=O) groups excluding carboxylic acids is 4. The molecule has 0 saturated carbocycles. The van der Waals surface area contributed by atoms with Crippen LogP contribution in [-0.4, -0.2) is 55.9 Å². The lowest BCUT2D eigenvalue weighted by Crippen LogP contribution is -2.70. The smallest absolute Gasteiger partial charge is 0.373 e. The van der Waals surface area contributed by atoms with Gasteiger partial charge in [0.1, 0.15) is 18.0 Å². The highest BCUT2D eigenvalue weighted by Crippen LogP contribution is 2.40. The van der Waals surface area contributed by atoms with Crippen molar-refractivity contribution in [3.63, 3.8) is 0 Å². The molecular formula is C29H38O8Si. The van der Waals surface area contributed by atoms with Crippen molar-refractivity contribution in [2.24, 2.45) is 5.92 Å². The minimum atomic E-state index is -2.95. The van der Waals surface area contributed by atoms with Gasteiger partial charge >= 0.3 is 12.1 Å². The number of ketones is 1. The van der Waals surface area contributed by atoms with Crippen molar-refractivity contribution < 1.29 is 38.2 Å². The average molecular weight is 543 g/mol. The van der Waals surface area contributed by atoms with Crippen LogP contribution in [0.4, 0.5) is 0 Å². The zero-order chi connectivity index (χ0) is 28.5. The Morgan fingerprint density at radius 2 is 1.42 bits per heavy atom. The second-order valence-corrected chi connectivity index (χ2v) is 14.8. The first-order valence-corrected chi connectivity index (χ1v) is 14.6. The molecule has 1 aliphatic heterocycles. The van der Waals surface area contributed by atoms with Gasteiger partial charge in [-0.15, -0.1) is 0 Å².